The van der Waals surface area contributed by atoms with Crippen molar-refractivity contribution in [3.05, 3.63) is 64.4 Å². The maximum atomic E-state index is 13.9. The molecular weight excluding hydrogens is 265 g/mol. The lowest BCUT2D eigenvalue weighted by atomic mass is 10.1. The Labute approximate surface area is 117 Å². The van der Waals surface area contributed by atoms with Gasteiger partial charge in [-0.15, -0.1) is 0 Å². The molecule has 2 N–H and O–H groups in total. The van der Waals surface area contributed by atoms with Gasteiger partial charge in [0.1, 0.15) is 6.61 Å². The van der Waals surface area contributed by atoms with Crippen LogP contribution in [-0.4, -0.2) is 0 Å². The molecule has 4 heteroatoms. The molecule has 100 valence electrons. The van der Waals surface area contributed by atoms with Crippen LogP contribution in [0.2, 0.25) is 5.02 Å². The summed E-state index contributed by atoms with van der Waals surface area (Å²) in [5, 5.41) is 0.239. The largest absolute Gasteiger partial charge is 0.484 e. The SMILES string of the molecule is CC(N)c1cc(F)c(OCc2ccccc2)c(Cl)c1. The fraction of sp³-hybridized carbons (Fsp3) is 0.200. The van der Waals surface area contributed by atoms with Crippen molar-refractivity contribution < 1.29 is 9.13 Å². The van der Waals surface area contributed by atoms with Gasteiger partial charge in [-0.1, -0.05) is 41.9 Å². The van der Waals surface area contributed by atoms with Gasteiger partial charge in [-0.05, 0) is 30.2 Å². The molecule has 0 saturated carbocycles. The minimum atomic E-state index is -0.490. The molecule has 2 rings (SSSR count). The van der Waals surface area contributed by atoms with Gasteiger partial charge in [0, 0.05) is 6.04 Å². The zero-order chi connectivity index (χ0) is 13.8. The molecule has 0 radical (unpaired) electrons. The van der Waals surface area contributed by atoms with Gasteiger partial charge in [-0.3, -0.25) is 0 Å². The van der Waals surface area contributed by atoms with E-state index in [9.17, 15) is 4.39 Å². The number of hydrogen-bond donors (Lipinski definition) is 1. The van der Waals surface area contributed by atoms with Crippen LogP contribution in [0.5, 0.6) is 5.75 Å². The second kappa shape index (κ2) is 6.04. The van der Waals surface area contributed by atoms with Crippen molar-refractivity contribution in [1.82, 2.24) is 0 Å². The van der Waals surface area contributed by atoms with Crippen LogP contribution in [0.1, 0.15) is 24.1 Å². The lowest BCUT2D eigenvalue weighted by Gasteiger charge is -2.12. The molecule has 0 bridgehead atoms. The highest BCUT2D eigenvalue weighted by molar-refractivity contribution is 6.32. The second-order valence-corrected chi connectivity index (χ2v) is 4.78. The fourth-order valence-electron chi connectivity index (χ4n) is 1.71. The third-order valence-corrected chi connectivity index (χ3v) is 3.05. The molecule has 1 atom stereocenters. The molecule has 0 aliphatic heterocycles. The highest BCUT2D eigenvalue weighted by atomic mass is 35.5. The van der Waals surface area contributed by atoms with Crippen LogP contribution in [-0.2, 0) is 6.61 Å². The molecule has 0 aliphatic rings. The predicted molar refractivity (Wildman–Crippen MR) is 74.8 cm³/mol. The van der Waals surface area contributed by atoms with E-state index in [-0.39, 0.29) is 23.4 Å². The summed E-state index contributed by atoms with van der Waals surface area (Å²) in [6.07, 6.45) is 0. The molecule has 2 nitrogen and oxygen atoms in total. The first-order chi connectivity index (χ1) is 9.08. The van der Waals surface area contributed by atoms with Crippen molar-refractivity contribution in [3.8, 4) is 5.75 Å². The van der Waals surface area contributed by atoms with Crippen molar-refractivity contribution in [1.29, 1.82) is 0 Å². The van der Waals surface area contributed by atoms with E-state index in [4.69, 9.17) is 22.1 Å². The standard InChI is InChI=1S/C15H15ClFNO/c1-10(18)12-7-13(16)15(14(17)8-12)19-9-11-5-3-2-4-6-11/h2-8,10H,9,18H2,1H3. The van der Waals surface area contributed by atoms with Crippen molar-refractivity contribution >= 4 is 11.6 Å². The van der Waals surface area contributed by atoms with Gasteiger partial charge in [-0.25, -0.2) is 4.39 Å². The monoisotopic (exact) mass is 279 g/mol. The Hall–Kier alpha value is -1.58. The minimum absolute atomic E-state index is 0.0647. The van der Waals surface area contributed by atoms with Gasteiger partial charge < -0.3 is 10.5 Å². The topological polar surface area (TPSA) is 35.2 Å². The Kier molecular flexibility index (Phi) is 4.40. The number of nitrogens with two attached hydrogens (primary N) is 1. The van der Waals surface area contributed by atoms with E-state index in [0.29, 0.717) is 5.56 Å². The van der Waals surface area contributed by atoms with E-state index >= 15 is 0 Å². The van der Waals surface area contributed by atoms with E-state index in [1.54, 1.807) is 13.0 Å². The van der Waals surface area contributed by atoms with Crippen molar-refractivity contribution in [2.45, 2.75) is 19.6 Å². The molecular formula is C15H15ClFNO. The van der Waals surface area contributed by atoms with E-state index in [1.165, 1.54) is 6.07 Å². The average molecular weight is 280 g/mol. The van der Waals surface area contributed by atoms with Gasteiger partial charge >= 0.3 is 0 Å². The summed E-state index contributed by atoms with van der Waals surface area (Å²) in [5.74, 6) is -0.425. The lowest BCUT2D eigenvalue weighted by Crippen LogP contribution is -2.06. The molecule has 0 aromatic heterocycles. The Balaban J connectivity index is 2.17. The zero-order valence-electron chi connectivity index (χ0n) is 10.6. The van der Waals surface area contributed by atoms with Crippen molar-refractivity contribution in [2.24, 2.45) is 5.73 Å². The predicted octanol–water partition coefficient (Wildman–Crippen LogP) is 4.08. The summed E-state index contributed by atoms with van der Waals surface area (Å²) in [7, 11) is 0. The Bertz CT molecular complexity index is 534. The first-order valence-corrected chi connectivity index (χ1v) is 6.37. The van der Waals surface area contributed by atoms with Gasteiger partial charge in [-0.2, -0.15) is 0 Å². The molecule has 2 aromatic carbocycles. The Morgan fingerprint density at radius 1 is 1.26 bits per heavy atom. The summed E-state index contributed by atoms with van der Waals surface area (Å²) in [6, 6.07) is 12.2. The van der Waals surface area contributed by atoms with Crippen molar-refractivity contribution in [2.75, 3.05) is 0 Å². The van der Waals surface area contributed by atoms with Crippen LogP contribution in [0.25, 0.3) is 0 Å². The van der Waals surface area contributed by atoms with Crippen LogP contribution in [0.4, 0.5) is 4.39 Å². The van der Waals surface area contributed by atoms with Gasteiger partial charge in [0.05, 0.1) is 5.02 Å². The summed E-state index contributed by atoms with van der Waals surface area (Å²) in [4.78, 5) is 0. The first kappa shape index (κ1) is 13.8. The van der Waals surface area contributed by atoms with E-state index < -0.39 is 5.82 Å². The normalized spacial score (nSPS) is 12.2. The van der Waals surface area contributed by atoms with Crippen LogP contribution in [0.3, 0.4) is 0 Å². The molecule has 19 heavy (non-hydrogen) atoms. The molecule has 1 unspecified atom stereocenters. The van der Waals surface area contributed by atoms with Gasteiger partial charge in [0.2, 0.25) is 0 Å². The number of hydrogen-bond acceptors (Lipinski definition) is 2. The zero-order valence-corrected chi connectivity index (χ0v) is 11.3. The van der Waals surface area contributed by atoms with E-state index in [0.717, 1.165) is 5.56 Å². The summed E-state index contributed by atoms with van der Waals surface area (Å²) in [6.45, 7) is 2.05. The van der Waals surface area contributed by atoms with Crippen LogP contribution in [0, 0.1) is 5.82 Å². The minimum Gasteiger partial charge on any atom is -0.484 e. The molecule has 0 amide bonds. The highest BCUT2D eigenvalue weighted by Gasteiger charge is 2.13. The third kappa shape index (κ3) is 3.46. The molecule has 0 saturated heterocycles. The third-order valence-electron chi connectivity index (χ3n) is 2.77. The van der Waals surface area contributed by atoms with Gasteiger partial charge in [0.15, 0.2) is 11.6 Å². The molecule has 0 aliphatic carbocycles. The van der Waals surface area contributed by atoms with E-state index in [1.807, 2.05) is 30.3 Å². The summed E-state index contributed by atoms with van der Waals surface area (Å²) >= 11 is 6.02. The van der Waals surface area contributed by atoms with Crippen molar-refractivity contribution in [3.63, 3.8) is 0 Å². The number of benzene rings is 2. The Morgan fingerprint density at radius 3 is 2.53 bits per heavy atom. The smallest absolute Gasteiger partial charge is 0.174 e. The van der Waals surface area contributed by atoms with Gasteiger partial charge in [0.25, 0.3) is 0 Å². The lowest BCUT2D eigenvalue weighted by molar-refractivity contribution is 0.290. The van der Waals surface area contributed by atoms with E-state index in [2.05, 4.69) is 0 Å². The van der Waals surface area contributed by atoms with Crippen LogP contribution in [0.15, 0.2) is 42.5 Å². The summed E-state index contributed by atoms with van der Waals surface area (Å²) in [5.41, 5.74) is 7.30. The molecule has 0 fully saturated rings. The number of rotatable bonds is 4. The maximum absolute atomic E-state index is 13.9. The average Bonchev–Trinajstić information content (AvgIpc) is 2.38. The Morgan fingerprint density at radius 2 is 1.95 bits per heavy atom. The molecule has 2 aromatic rings. The second-order valence-electron chi connectivity index (χ2n) is 4.38. The maximum Gasteiger partial charge on any atom is 0.174 e. The number of halogens is 2. The fourth-order valence-corrected chi connectivity index (χ4v) is 1.98. The van der Waals surface area contributed by atoms with Crippen LogP contribution >= 0.6 is 11.6 Å². The quantitative estimate of drug-likeness (QED) is 0.915. The first-order valence-electron chi connectivity index (χ1n) is 5.99. The molecule has 0 spiro atoms. The summed E-state index contributed by atoms with van der Waals surface area (Å²) < 4.78 is 19.3. The highest BCUT2D eigenvalue weighted by Crippen LogP contribution is 2.31. The number of ether oxygens (including phenoxy) is 1. The molecule has 0 heterocycles. The van der Waals surface area contributed by atoms with Crippen LogP contribution < -0.4 is 10.5 Å².